The average molecular weight is 1720 g/mol. The van der Waals surface area contributed by atoms with Gasteiger partial charge in [-0.05, 0) is 0 Å². The number of aliphatic hydroxyl groups excluding tert-OH is 30. The Labute approximate surface area is 660 Å². The summed E-state index contributed by atoms with van der Waals surface area (Å²) in [6.45, 7) is -9.52. The minimum atomic E-state index is -2.68. The molecule has 0 aromatic carbocycles. The van der Waals surface area contributed by atoms with Crippen molar-refractivity contribution in [2.75, 3.05) is 66.1 Å². The summed E-state index contributed by atoms with van der Waals surface area (Å²) in [5.74, 6) is -1.80. The van der Waals surface area contributed by atoms with Crippen molar-refractivity contribution in [3.05, 3.63) is 0 Å². The zero-order chi connectivity index (χ0) is 85.9. The molecule has 32 N–H and O–H groups in total. The lowest BCUT2D eigenvalue weighted by Gasteiger charge is -2.51. The summed E-state index contributed by atoms with van der Waals surface area (Å²) >= 11 is 0. The van der Waals surface area contributed by atoms with E-state index in [-0.39, 0.29) is 0 Å². The molecule has 10 heterocycles. The molecule has 680 valence electrons. The van der Waals surface area contributed by atoms with Crippen LogP contribution in [0.25, 0.3) is 0 Å². The van der Waals surface area contributed by atoms with E-state index in [1.54, 1.807) is 0 Å². The highest BCUT2D eigenvalue weighted by Gasteiger charge is 2.62. The fourth-order valence-electron chi connectivity index (χ4n) is 15.0. The lowest BCUT2D eigenvalue weighted by Crippen LogP contribution is -2.70. The van der Waals surface area contributed by atoms with Gasteiger partial charge in [-0.15, -0.1) is 0 Å². The fourth-order valence-corrected chi connectivity index (χ4v) is 15.0. The Kier molecular flexibility index (Phi) is 34.4. The van der Waals surface area contributed by atoms with E-state index in [9.17, 15) is 163 Å². The maximum atomic E-state index is 13.1. The third kappa shape index (κ3) is 20.7. The van der Waals surface area contributed by atoms with Crippen molar-refractivity contribution in [2.45, 2.75) is 321 Å². The molecule has 0 unspecified atom stereocenters. The molecule has 0 bridgehead atoms. The van der Waals surface area contributed by atoms with Crippen molar-refractivity contribution in [1.29, 1.82) is 0 Å². The Balaban J connectivity index is 1.04. The molecule has 10 aliphatic heterocycles. The predicted octanol–water partition coefficient (Wildman–Crippen LogP) is -22.5. The van der Waals surface area contributed by atoms with E-state index in [0.29, 0.717) is 0 Å². The van der Waals surface area contributed by atoms with Gasteiger partial charge < -0.3 is 254 Å². The van der Waals surface area contributed by atoms with Gasteiger partial charge in [0, 0.05) is 13.8 Å². The minimum Gasteiger partial charge on any atom is -0.394 e. The molecule has 10 fully saturated rings. The van der Waals surface area contributed by atoms with Crippen LogP contribution >= 0.6 is 0 Å². The highest BCUT2D eigenvalue weighted by Crippen LogP contribution is 2.41. The van der Waals surface area contributed by atoms with Crippen LogP contribution in [-0.2, 0) is 99.6 Å². The summed E-state index contributed by atoms with van der Waals surface area (Å²) in [6, 6.07) is -3.68. The minimum absolute atomic E-state index is 0.813. The van der Waals surface area contributed by atoms with Crippen molar-refractivity contribution in [1.82, 2.24) is 10.6 Å². The standard InChI is InChI=1S/C64H108N2O51/c1-13(75)65-25-34(85)48(21(9-73)101-55(25)98)111-56-26(66-14(2)76)35(86)49(22(10-74)107-56)112-61-46(97)50(113-63-53(40(91)31(82)19(7-71)105-63)116-64-52(39(90)30(81)20(8-72)106-64)115-59-44(95)38(89)29(80)18(6-70)104-59)32(83)23(108-61)12-100-62-54(117-60-45(96)41(92)47(110-60)15(77)3-67)51(114-58-43(94)37(88)28(79)17(5-69)103-58)33(84)24(109-62)11-99-57-42(93)36(87)27(78)16(4-68)102-57/h15-64,67-74,77-98H,3-12H2,1-2H3,(H,65,75)(H,66,76)/t15-,16-,17-,18-,19-,20-,21-,22-,23-,24-,25-,26-,27-,28-,29-,30-,31-,32-,33-,34-,35-,36+,37+,38+,39+,40+,41-,42+,43+,44+,45-,46+,47+,48-,49-,50+,51+,52-,53+,54+,55-,56+,57+,58-,59-,60+,61+,62+,63-,64-/m1/s1. The topological polar surface area (TPSA) is 840 Å². The van der Waals surface area contributed by atoms with Crippen molar-refractivity contribution < 1.29 is 253 Å². The zero-order valence-electron chi connectivity index (χ0n) is 61.9. The number of rotatable bonds is 31. The first kappa shape index (κ1) is 96.2. The van der Waals surface area contributed by atoms with Gasteiger partial charge in [-0.3, -0.25) is 9.59 Å². The number of carbonyl (C=O) groups is 2. The third-order valence-corrected chi connectivity index (χ3v) is 21.6. The van der Waals surface area contributed by atoms with E-state index in [2.05, 4.69) is 10.6 Å². The van der Waals surface area contributed by atoms with Crippen LogP contribution < -0.4 is 10.6 Å². The Morgan fingerprint density at radius 1 is 0.265 bits per heavy atom. The summed E-state index contributed by atoms with van der Waals surface area (Å²) < 4.78 is 112. The van der Waals surface area contributed by atoms with Crippen LogP contribution in [0.4, 0.5) is 0 Å². The van der Waals surface area contributed by atoms with Crippen molar-refractivity contribution in [3.63, 3.8) is 0 Å². The molecule has 10 saturated heterocycles. The molecule has 0 spiro atoms. The second kappa shape index (κ2) is 41.9. The molecule has 0 aliphatic carbocycles. The third-order valence-electron chi connectivity index (χ3n) is 21.6. The highest BCUT2D eigenvalue weighted by atomic mass is 16.8. The van der Waals surface area contributed by atoms with E-state index in [1.165, 1.54) is 0 Å². The Bertz CT molecular complexity index is 3050. The van der Waals surface area contributed by atoms with Crippen LogP contribution in [0.3, 0.4) is 0 Å². The summed E-state index contributed by atoms with van der Waals surface area (Å²) in [5.41, 5.74) is 0. The molecule has 10 rings (SSSR count). The van der Waals surface area contributed by atoms with Gasteiger partial charge in [0.05, 0.1) is 66.1 Å². The van der Waals surface area contributed by atoms with E-state index in [1.807, 2.05) is 0 Å². The maximum absolute atomic E-state index is 13.1. The Hall–Kier alpha value is -3.02. The van der Waals surface area contributed by atoms with E-state index in [0.717, 1.165) is 13.8 Å². The number of carbonyl (C=O) groups excluding carboxylic acids is 2. The summed E-state index contributed by atoms with van der Waals surface area (Å²) in [6.07, 6.45) is -105. The molecule has 50 atom stereocenters. The number of amides is 2. The number of hydrogen-bond acceptors (Lipinski definition) is 51. The predicted molar refractivity (Wildman–Crippen MR) is 353 cm³/mol. The van der Waals surface area contributed by atoms with Gasteiger partial charge in [0.1, 0.15) is 244 Å². The average Bonchev–Trinajstić information content (AvgIpc) is 1.02. The first-order chi connectivity index (χ1) is 55.4. The summed E-state index contributed by atoms with van der Waals surface area (Å²) in [7, 11) is 0. The second-order valence-electron chi connectivity index (χ2n) is 29.5. The van der Waals surface area contributed by atoms with Gasteiger partial charge in [0.2, 0.25) is 11.8 Å². The van der Waals surface area contributed by atoms with Gasteiger partial charge in [0.25, 0.3) is 0 Å². The molecule has 0 radical (unpaired) electrons. The number of ether oxygens (including phenoxy) is 19. The second-order valence-corrected chi connectivity index (χ2v) is 29.5. The van der Waals surface area contributed by atoms with Gasteiger partial charge in [-0.2, -0.15) is 0 Å². The number of aliphatic hydroxyl groups is 30. The first-order valence-electron chi connectivity index (χ1n) is 37.2. The van der Waals surface area contributed by atoms with Crippen molar-refractivity contribution in [3.8, 4) is 0 Å². The van der Waals surface area contributed by atoms with Crippen molar-refractivity contribution >= 4 is 11.8 Å². The fraction of sp³-hybridized carbons (Fsp3) is 0.969. The maximum Gasteiger partial charge on any atom is 0.217 e. The van der Waals surface area contributed by atoms with E-state index in [4.69, 9.17) is 90.0 Å². The normalized spacial score (nSPS) is 51.0. The van der Waals surface area contributed by atoms with Gasteiger partial charge in [-0.25, -0.2) is 0 Å². The molecular weight excluding hydrogens is 1610 g/mol. The molecule has 10 aliphatic rings. The molecule has 53 nitrogen and oxygen atoms in total. The van der Waals surface area contributed by atoms with Gasteiger partial charge in [-0.1, -0.05) is 0 Å². The molecule has 117 heavy (non-hydrogen) atoms. The van der Waals surface area contributed by atoms with E-state index < -0.39 is 385 Å². The monoisotopic (exact) mass is 1720 g/mol. The molecular formula is C64H108N2O51. The number of nitrogens with one attached hydrogen (secondary N) is 2. The van der Waals surface area contributed by atoms with E-state index >= 15 is 0 Å². The van der Waals surface area contributed by atoms with Crippen LogP contribution in [0.1, 0.15) is 13.8 Å². The quantitative estimate of drug-likeness (QED) is 0.0306. The smallest absolute Gasteiger partial charge is 0.217 e. The van der Waals surface area contributed by atoms with Crippen LogP contribution in [-0.4, -0.2) is 538 Å². The molecule has 0 aromatic heterocycles. The number of hydrogen-bond donors (Lipinski definition) is 32. The van der Waals surface area contributed by atoms with Crippen LogP contribution in [0.2, 0.25) is 0 Å². The summed E-state index contributed by atoms with van der Waals surface area (Å²) in [5, 5.41) is 337. The van der Waals surface area contributed by atoms with Gasteiger partial charge >= 0.3 is 0 Å². The van der Waals surface area contributed by atoms with Crippen LogP contribution in [0, 0.1) is 0 Å². The van der Waals surface area contributed by atoms with Crippen molar-refractivity contribution in [2.24, 2.45) is 0 Å². The Morgan fingerprint density at radius 2 is 0.573 bits per heavy atom. The van der Waals surface area contributed by atoms with Crippen LogP contribution in [0.5, 0.6) is 0 Å². The molecule has 0 aromatic rings. The van der Waals surface area contributed by atoms with Gasteiger partial charge in [0.15, 0.2) is 62.9 Å². The first-order valence-corrected chi connectivity index (χ1v) is 37.2. The zero-order valence-corrected chi connectivity index (χ0v) is 61.9. The molecule has 53 heteroatoms. The molecule has 2 amide bonds. The highest BCUT2D eigenvalue weighted by molar-refractivity contribution is 5.73. The lowest BCUT2D eigenvalue weighted by molar-refractivity contribution is -0.409. The summed E-state index contributed by atoms with van der Waals surface area (Å²) in [4.78, 5) is 25.3. The van der Waals surface area contributed by atoms with Crippen LogP contribution in [0.15, 0.2) is 0 Å². The Morgan fingerprint density at radius 3 is 1.03 bits per heavy atom. The lowest BCUT2D eigenvalue weighted by atomic mass is 9.94. The largest absolute Gasteiger partial charge is 0.394 e. The SMILES string of the molecule is CC(=O)N[C@@H]1[C@@H](O)[C@H](O[C@@H]2O[C@H](CO)[C@@H](O[C@@H]3O[C@H](CO[C@H]4O[C@H](CO[C@H]5O[C@H](CO)[C@@H](O)[C@H](O)[C@@H]5O)[C@@H](O)[C@H](O[C@H]5O[C@H](CO)[C@@H](O)[C@H](O)[C@@H]5O)[C@@H]4O[C@@H]4O[C@@H]([C@H](O)CO)[C@H](O)[C@H]4O)[C@@H](O)[C@H](O[C@H]4O[C@H](CO)[C@@H](O)[C@H](O)[C@@H]4O[C@H]4O[C@H](CO)[C@@H](O)[C@H](O)[C@H]4O[C@H]4O[C@H](CO)[C@@H](O)[C@H](O)[C@@H]4O)[C@@H]3O)[C@H](O)[C@H]2NC(C)=O)[C@@H](CO)O[C@H]1O. The molecule has 0 saturated carbocycles.